The van der Waals surface area contributed by atoms with Crippen LogP contribution >= 0.6 is 0 Å². The summed E-state index contributed by atoms with van der Waals surface area (Å²) in [5.74, 6) is -0.826. The Morgan fingerprint density at radius 3 is 2.16 bits per heavy atom. The molecule has 1 aliphatic heterocycles. The second-order valence-corrected chi connectivity index (χ2v) is 10.2. The van der Waals surface area contributed by atoms with Gasteiger partial charge in [-0.1, -0.05) is 74.5 Å². The summed E-state index contributed by atoms with van der Waals surface area (Å²) < 4.78 is 0. The zero-order chi connectivity index (χ0) is 26.3. The van der Waals surface area contributed by atoms with Gasteiger partial charge in [0.1, 0.15) is 11.6 Å². The Balaban J connectivity index is 1.83. The van der Waals surface area contributed by atoms with Gasteiger partial charge in [-0.2, -0.15) is 0 Å². The summed E-state index contributed by atoms with van der Waals surface area (Å²) in [4.78, 5) is 26.4. The molecule has 0 saturated carbocycles. The molecule has 0 amide bonds. The predicted molar refractivity (Wildman–Crippen MR) is 144 cm³/mol. The van der Waals surface area contributed by atoms with Gasteiger partial charge in [0.2, 0.25) is 0 Å². The highest BCUT2D eigenvalue weighted by atomic mass is 16.6. The van der Waals surface area contributed by atoms with Crippen LogP contribution in [0, 0.1) is 20.9 Å². The number of nitrogens with zero attached hydrogens (tertiary/aromatic N) is 2. The van der Waals surface area contributed by atoms with E-state index in [1.165, 1.54) is 12.1 Å². The number of ketones is 1. The van der Waals surface area contributed by atoms with Gasteiger partial charge in [0, 0.05) is 52.6 Å². The number of aliphatic hydroxyl groups is 1. The molecule has 0 radical (unpaired) electrons. The van der Waals surface area contributed by atoms with Crippen molar-refractivity contribution in [3.05, 3.63) is 123 Å². The van der Waals surface area contributed by atoms with E-state index in [9.17, 15) is 25.4 Å². The number of Topliss-reactive ketones (excluding diaryl/α,β-unsaturated/α-hetero) is 1. The monoisotopic (exact) mass is 493 g/mol. The van der Waals surface area contributed by atoms with Crippen LogP contribution in [0.1, 0.15) is 43.7 Å². The van der Waals surface area contributed by atoms with E-state index in [-0.39, 0.29) is 34.1 Å². The van der Waals surface area contributed by atoms with Crippen LogP contribution in [0.3, 0.4) is 0 Å². The number of benzene rings is 3. The lowest BCUT2D eigenvalue weighted by atomic mass is 9.67. The maximum absolute atomic E-state index is 13.8. The fourth-order valence-corrected chi connectivity index (χ4v) is 5.35. The Morgan fingerprint density at radius 2 is 1.57 bits per heavy atom. The first kappa shape index (κ1) is 24.2. The van der Waals surface area contributed by atoms with Crippen LogP contribution in [0.5, 0.6) is 0 Å². The fourth-order valence-electron chi connectivity index (χ4n) is 5.35. The van der Waals surface area contributed by atoms with E-state index >= 15 is 0 Å². The molecule has 5 rings (SSSR count). The van der Waals surface area contributed by atoms with Crippen molar-refractivity contribution in [3.8, 4) is 0 Å². The summed E-state index contributed by atoms with van der Waals surface area (Å²) in [7, 11) is 0. The first-order valence-electron chi connectivity index (χ1n) is 12.1. The van der Waals surface area contributed by atoms with Crippen molar-refractivity contribution in [1.29, 1.82) is 5.41 Å². The van der Waals surface area contributed by atoms with E-state index in [1.807, 2.05) is 50.2 Å². The summed E-state index contributed by atoms with van der Waals surface area (Å²) in [6.07, 6.45) is 0.888. The molecule has 3 aromatic rings. The molecule has 0 saturated heterocycles. The Hall–Kier alpha value is -4.52. The molecule has 0 fully saturated rings. The van der Waals surface area contributed by atoms with Gasteiger partial charge in [-0.3, -0.25) is 25.2 Å². The minimum atomic E-state index is -0.743. The molecule has 2 aliphatic rings. The van der Waals surface area contributed by atoms with Gasteiger partial charge in [-0.15, -0.1) is 0 Å². The van der Waals surface area contributed by atoms with Crippen LogP contribution in [-0.4, -0.2) is 21.6 Å². The third-order valence-electron chi connectivity index (χ3n) is 6.98. The number of non-ortho nitro benzene ring substituents is 1. The average Bonchev–Trinajstić information content (AvgIpc) is 2.88. The number of nitrogens with one attached hydrogen (secondary N) is 1. The highest BCUT2D eigenvalue weighted by Crippen LogP contribution is 2.51. The predicted octanol–water partition coefficient (Wildman–Crippen LogP) is 6.79. The summed E-state index contributed by atoms with van der Waals surface area (Å²) in [5.41, 5.74) is 3.02. The van der Waals surface area contributed by atoms with Crippen molar-refractivity contribution in [2.45, 2.75) is 32.6 Å². The number of nitro groups is 1. The second kappa shape index (κ2) is 9.17. The Kier molecular flexibility index (Phi) is 5.99. The Morgan fingerprint density at radius 1 is 0.973 bits per heavy atom. The van der Waals surface area contributed by atoms with Crippen LogP contribution in [0.2, 0.25) is 0 Å². The van der Waals surface area contributed by atoms with E-state index in [4.69, 9.17) is 0 Å². The van der Waals surface area contributed by atoms with Gasteiger partial charge in [0.25, 0.3) is 5.69 Å². The van der Waals surface area contributed by atoms with Gasteiger partial charge in [0.05, 0.1) is 4.92 Å². The molecule has 3 aromatic carbocycles. The second-order valence-electron chi connectivity index (χ2n) is 10.2. The molecule has 1 aliphatic carbocycles. The zero-order valence-corrected chi connectivity index (χ0v) is 20.6. The lowest BCUT2D eigenvalue weighted by molar-refractivity contribution is -0.384. The summed E-state index contributed by atoms with van der Waals surface area (Å²) in [6, 6.07) is 24.4. The molecule has 0 bridgehead atoms. The van der Waals surface area contributed by atoms with Crippen molar-refractivity contribution in [1.82, 2.24) is 0 Å². The number of carbonyl (C=O) groups excluding carboxylic acids is 1. The molecule has 37 heavy (non-hydrogen) atoms. The van der Waals surface area contributed by atoms with E-state index in [1.54, 1.807) is 41.3 Å². The van der Waals surface area contributed by atoms with Crippen molar-refractivity contribution in [2.75, 3.05) is 4.90 Å². The Bertz CT molecular complexity index is 1460. The minimum absolute atomic E-state index is 0.0543. The van der Waals surface area contributed by atoms with E-state index < -0.39 is 10.8 Å². The van der Waals surface area contributed by atoms with Gasteiger partial charge < -0.3 is 5.11 Å². The highest BCUT2D eigenvalue weighted by Gasteiger charge is 2.46. The number of carbonyl (C=O) groups is 1. The lowest BCUT2D eigenvalue weighted by Gasteiger charge is -2.45. The number of aliphatic hydroxyl groups excluding tert-OH is 1. The molecular formula is C30H27N3O4. The first-order valence-corrected chi connectivity index (χ1v) is 12.1. The molecule has 2 N–H and O–H groups in total. The number of para-hydroxylation sites is 1. The number of nitro benzene ring substituents is 1. The largest absolute Gasteiger partial charge is 0.507 e. The van der Waals surface area contributed by atoms with Crippen LogP contribution in [0.15, 0.2) is 102 Å². The van der Waals surface area contributed by atoms with E-state index in [0.29, 0.717) is 29.5 Å². The molecule has 1 heterocycles. The van der Waals surface area contributed by atoms with Crippen LogP contribution < -0.4 is 4.90 Å². The maximum atomic E-state index is 13.8. The van der Waals surface area contributed by atoms with Gasteiger partial charge >= 0.3 is 0 Å². The molecule has 1 atom stereocenters. The highest BCUT2D eigenvalue weighted by molar-refractivity contribution is 6.19. The van der Waals surface area contributed by atoms with Crippen LogP contribution in [0.25, 0.3) is 5.76 Å². The van der Waals surface area contributed by atoms with Crippen molar-refractivity contribution in [2.24, 2.45) is 5.41 Å². The Labute approximate surface area is 215 Å². The maximum Gasteiger partial charge on any atom is 0.269 e. The SMILES string of the molecule is CC1(C)CC(=O)C2=C(C1)N(c1ccccc1)C(=N)/C(=C(/O)c1ccccc1)[C@@H]2c1ccc([N+](=O)[O-])cc1. The smallest absolute Gasteiger partial charge is 0.269 e. The molecule has 0 spiro atoms. The third kappa shape index (κ3) is 4.33. The standard InChI is InChI=1S/C30H27N3O4/c1-30(2)17-23-26(24(34)18-30)25(19-13-15-22(16-14-19)33(36)37)27(28(35)20-9-5-3-6-10-20)29(31)32(23)21-11-7-4-8-12-21/h3-16,25,31,35H,17-18H2,1-2H3/b28-27+,31-29?/t25-/m1/s1. The number of rotatable bonds is 4. The van der Waals surface area contributed by atoms with E-state index in [2.05, 4.69) is 0 Å². The number of hydrogen-bond donors (Lipinski definition) is 2. The number of hydrogen-bond acceptors (Lipinski definition) is 5. The molecule has 7 nitrogen and oxygen atoms in total. The first-order chi connectivity index (χ1) is 17.7. The quantitative estimate of drug-likeness (QED) is 0.236. The van der Waals surface area contributed by atoms with Gasteiger partial charge in [-0.05, 0) is 29.5 Å². The molecular weight excluding hydrogens is 466 g/mol. The lowest BCUT2D eigenvalue weighted by Crippen LogP contribution is -2.45. The molecule has 0 unspecified atom stereocenters. The molecule has 0 aromatic heterocycles. The van der Waals surface area contributed by atoms with Gasteiger partial charge in [0.15, 0.2) is 5.78 Å². The number of anilines is 1. The summed E-state index contributed by atoms with van der Waals surface area (Å²) >= 11 is 0. The summed E-state index contributed by atoms with van der Waals surface area (Å²) in [5, 5.41) is 32.3. The third-order valence-corrected chi connectivity index (χ3v) is 6.98. The number of amidine groups is 1. The van der Waals surface area contributed by atoms with E-state index in [0.717, 1.165) is 11.4 Å². The minimum Gasteiger partial charge on any atom is -0.507 e. The van der Waals surface area contributed by atoms with Crippen LogP contribution in [-0.2, 0) is 4.79 Å². The van der Waals surface area contributed by atoms with Crippen molar-refractivity contribution < 1.29 is 14.8 Å². The van der Waals surface area contributed by atoms with Crippen molar-refractivity contribution >= 4 is 28.8 Å². The summed E-state index contributed by atoms with van der Waals surface area (Å²) in [6.45, 7) is 4.07. The topological polar surface area (TPSA) is 108 Å². The van der Waals surface area contributed by atoms with Crippen molar-refractivity contribution in [3.63, 3.8) is 0 Å². The normalized spacial score (nSPS) is 20.5. The zero-order valence-electron chi connectivity index (χ0n) is 20.6. The molecule has 7 heteroatoms. The molecule has 186 valence electrons. The van der Waals surface area contributed by atoms with Crippen LogP contribution in [0.4, 0.5) is 11.4 Å². The van der Waals surface area contributed by atoms with Gasteiger partial charge in [-0.25, -0.2) is 0 Å². The average molecular weight is 494 g/mol. The fraction of sp³-hybridized carbons (Fsp3) is 0.200. The number of allylic oxidation sites excluding steroid dienone is 2.